The number of hydrogen-bond donors (Lipinski definition) is 2. The molecular weight excluding hydrogens is 407 g/mol. The van der Waals surface area contributed by atoms with Gasteiger partial charge in [0, 0.05) is 37.1 Å². The molecule has 6 nitrogen and oxygen atoms in total. The third-order valence-corrected chi connectivity index (χ3v) is 6.40. The summed E-state index contributed by atoms with van der Waals surface area (Å²) in [5, 5.41) is 1.90. The van der Waals surface area contributed by atoms with E-state index in [1.165, 1.54) is 10.5 Å². The van der Waals surface area contributed by atoms with Gasteiger partial charge in [-0.25, -0.2) is 0 Å². The molecular formula is C15H11Cl3N4O2S. The van der Waals surface area contributed by atoms with E-state index >= 15 is 0 Å². The Morgan fingerprint density at radius 1 is 1.20 bits per heavy atom. The van der Waals surface area contributed by atoms with Crippen LogP contribution >= 0.6 is 34.8 Å². The van der Waals surface area contributed by atoms with Gasteiger partial charge in [0.25, 0.3) is 0 Å². The van der Waals surface area contributed by atoms with E-state index in [-0.39, 0.29) is 13.1 Å². The van der Waals surface area contributed by atoms with Crippen LogP contribution in [-0.2, 0) is 23.3 Å². The maximum absolute atomic E-state index is 12.7. The molecule has 0 aliphatic carbocycles. The predicted octanol–water partition coefficient (Wildman–Crippen LogP) is 4.20. The SMILES string of the molecule is O=S1(=O)Nc2c(cc(Cl)c3c(Cl)c[nH]c23)CN1Cc1ccncc1Cl. The second kappa shape index (κ2) is 6.03. The first-order chi connectivity index (χ1) is 11.9. The van der Waals surface area contributed by atoms with Crippen molar-refractivity contribution in [2.75, 3.05) is 4.72 Å². The quantitative estimate of drug-likeness (QED) is 0.656. The molecule has 10 heteroatoms. The molecule has 0 spiro atoms. The Balaban J connectivity index is 1.79. The van der Waals surface area contributed by atoms with E-state index in [0.717, 1.165) is 5.56 Å². The Morgan fingerprint density at radius 2 is 2.00 bits per heavy atom. The fourth-order valence-corrected chi connectivity index (χ4v) is 4.91. The van der Waals surface area contributed by atoms with E-state index in [2.05, 4.69) is 14.7 Å². The van der Waals surface area contributed by atoms with E-state index < -0.39 is 10.2 Å². The lowest BCUT2D eigenvalue weighted by atomic mass is 10.1. The maximum atomic E-state index is 12.7. The Hall–Kier alpha value is -1.51. The number of aromatic nitrogens is 2. The molecule has 25 heavy (non-hydrogen) atoms. The van der Waals surface area contributed by atoms with Crippen molar-refractivity contribution in [3.8, 4) is 0 Å². The lowest BCUT2D eigenvalue weighted by molar-refractivity contribution is 0.400. The smallest absolute Gasteiger partial charge is 0.302 e. The number of nitrogens with one attached hydrogen (secondary N) is 2. The minimum atomic E-state index is -3.75. The van der Waals surface area contributed by atoms with E-state index in [1.807, 2.05) is 0 Å². The molecule has 0 amide bonds. The molecule has 0 bridgehead atoms. The number of pyridine rings is 1. The van der Waals surface area contributed by atoms with Crippen LogP contribution in [0.4, 0.5) is 5.69 Å². The van der Waals surface area contributed by atoms with Crippen molar-refractivity contribution in [1.82, 2.24) is 14.3 Å². The number of hydrogen-bond acceptors (Lipinski definition) is 3. The highest BCUT2D eigenvalue weighted by atomic mass is 35.5. The lowest BCUT2D eigenvalue weighted by Gasteiger charge is -2.30. The number of aromatic amines is 1. The lowest BCUT2D eigenvalue weighted by Crippen LogP contribution is -2.39. The van der Waals surface area contributed by atoms with Crippen molar-refractivity contribution in [3.05, 3.63) is 56.9 Å². The van der Waals surface area contributed by atoms with Gasteiger partial charge in [-0.3, -0.25) is 9.71 Å². The molecule has 2 N–H and O–H groups in total. The summed E-state index contributed by atoms with van der Waals surface area (Å²) in [6, 6.07) is 3.41. The first-order valence-electron chi connectivity index (χ1n) is 7.21. The predicted molar refractivity (Wildman–Crippen MR) is 99.4 cm³/mol. The van der Waals surface area contributed by atoms with Crippen molar-refractivity contribution in [1.29, 1.82) is 0 Å². The monoisotopic (exact) mass is 416 g/mol. The van der Waals surface area contributed by atoms with Crippen molar-refractivity contribution in [3.63, 3.8) is 0 Å². The number of benzene rings is 1. The zero-order valence-corrected chi connectivity index (χ0v) is 15.6. The largest absolute Gasteiger partial charge is 0.358 e. The summed E-state index contributed by atoms with van der Waals surface area (Å²) >= 11 is 18.5. The number of halogens is 3. The Kier molecular flexibility index (Phi) is 4.09. The highest BCUT2D eigenvalue weighted by molar-refractivity contribution is 7.90. The van der Waals surface area contributed by atoms with E-state index in [4.69, 9.17) is 34.8 Å². The maximum Gasteiger partial charge on any atom is 0.302 e. The van der Waals surface area contributed by atoms with Crippen LogP contribution in [0.5, 0.6) is 0 Å². The van der Waals surface area contributed by atoms with Gasteiger partial charge in [-0.1, -0.05) is 34.8 Å². The van der Waals surface area contributed by atoms with Crippen LogP contribution in [-0.4, -0.2) is 22.7 Å². The molecule has 0 saturated carbocycles. The summed E-state index contributed by atoms with van der Waals surface area (Å²) in [4.78, 5) is 6.89. The van der Waals surface area contributed by atoms with Crippen LogP contribution in [0, 0.1) is 0 Å². The molecule has 1 aliphatic heterocycles. The fourth-order valence-electron chi connectivity index (χ4n) is 2.86. The molecule has 0 radical (unpaired) electrons. The molecule has 0 atom stereocenters. The summed E-state index contributed by atoms with van der Waals surface area (Å²) in [6.45, 7) is 0.285. The van der Waals surface area contributed by atoms with Gasteiger partial charge < -0.3 is 4.98 Å². The minimum absolute atomic E-state index is 0.122. The van der Waals surface area contributed by atoms with Gasteiger partial charge in [-0.15, -0.1) is 0 Å². The van der Waals surface area contributed by atoms with Crippen LogP contribution in [0.15, 0.2) is 30.7 Å². The third kappa shape index (κ3) is 2.86. The second-order valence-corrected chi connectivity index (χ2v) is 8.51. The molecule has 0 fully saturated rings. The number of nitrogens with zero attached hydrogens (tertiary/aromatic N) is 2. The molecule has 2 aromatic heterocycles. The van der Waals surface area contributed by atoms with Gasteiger partial charge in [-0.2, -0.15) is 12.7 Å². The standard InChI is InChI=1S/C15H11Cl3N4O2S/c16-10-3-9-7-22(6-8-1-2-19-4-11(8)17)25(23,24)21-14(9)15-13(10)12(18)5-20-15/h1-5,20-21H,6-7H2. The van der Waals surface area contributed by atoms with Crippen LogP contribution in [0.1, 0.15) is 11.1 Å². The van der Waals surface area contributed by atoms with Gasteiger partial charge >= 0.3 is 10.2 Å². The molecule has 1 aromatic carbocycles. The average Bonchev–Trinajstić information content (AvgIpc) is 2.94. The normalized spacial score (nSPS) is 16.6. The summed E-state index contributed by atoms with van der Waals surface area (Å²) in [7, 11) is -3.75. The van der Waals surface area contributed by atoms with Crippen LogP contribution in [0.2, 0.25) is 15.1 Å². The van der Waals surface area contributed by atoms with Crippen molar-refractivity contribution >= 4 is 61.6 Å². The molecule has 4 rings (SSSR count). The highest BCUT2D eigenvalue weighted by Gasteiger charge is 2.32. The highest BCUT2D eigenvalue weighted by Crippen LogP contribution is 2.40. The zero-order valence-electron chi connectivity index (χ0n) is 12.6. The van der Waals surface area contributed by atoms with Crippen LogP contribution < -0.4 is 4.72 Å². The van der Waals surface area contributed by atoms with Gasteiger partial charge in [0.1, 0.15) is 0 Å². The summed E-state index contributed by atoms with van der Waals surface area (Å²) in [5.41, 5.74) is 2.44. The summed E-state index contributed by atoms with van der Waals surface area (Å²) in [6.07, 6.45) is 4.63. The summed E-state index contributed by atoms with van der Waals surface area (Å²) < 4.78 is 29.2. The van der Waals surface area contributed by atoms with E-state index in [0.29, 0.717) is 37.2 Å². The topological polar surface area (TPSA) is 78.1 Å². The molecule has 130 valence electrons. The minimum Gasteiger partial charge on any atom is -0.358 e. The van der Waals surface area contributed by atoms with Crippen LogP contribution in [0.25, 0.3) is 10.9 Å². The number of H-pyrrole nitrogens is 1. The van der Waals surface area contributed by atoms with Gasteiger partial charge in [0.2, 0.25) is 0 Å². The van der Waals surface area contributed by atoms with Crippen molar-refractivity contribution < 1.29 is 8.42 Å². The summed E-state index contributed by atoms with van der Waals surface area (Å²) in [5.74, 6) is 0. The Labute approximate surface area is 158 Å². The van der Waals surface area contributed by atoms with E-state index in [9.17, 15) is 8.42 Å². The molecule has 3 aromatic rings. The van der Waals surface area contributed by atoms with E-state index in [1.54, 1.807) is 24.5 Å². The molecule has 0 unspecified atom stereocenters. The van der Waals surface area contributed by atoms with Crippen molar-refractivity contribution in [2.45, 2.75) is 13.1 Å². The second-order valence-electron chi connectivity index (χ2n) is 5.62. The van der Waals surface area contributed by atoms with Gasteiger partial charge in [0.15, 0.2) is 0 Å². The van der Waals surface area contributed by atoms with Crippen molar-refractivity contribution in [2.24, 2.45) is 0 Å². The first kappa shape index (κ1) is 16.9. The average molecular weight is 418 g/mol. The third-order valence-electron chi connectivity index (χ3n) is 4.06. The molecule has 1 aliphatic rings. The Bertz CT molecular complexity index is 1100. The number of fused-ring (bicyclic) bond motifs is 3. The van der Waals surface area contributed by atoms with Gasteiger partial charge in [-0.05, 0) is 23.3 Å². The number of anilines is 1. The number of rotatable bonds is 2. The zero-order chi connectivity index (χ0) is 17.8. The van der Waals surface area contributed by atoms with Gasteiger partial charge in [0.05, 0.1) is 26.3 Å². The molecule has 3 heterocycles. The first-order valence-corrected chi connectivity index (χ1v) is 9.78. The fraction of sp³-hybridized carbons (Fsp3) is 0.133. The van der Waals surface area contributed by atoms with Crippen LogP contribution in [0.3, 0.4) is 0 Å². The Morgan fingerprint density at radius 3 is 2.76 bits per heavy atom. The molecule has 0 saturated heterocycles.